The summed E-state index contributed by atoms with van der Waals surface area (Å²) in [4.78, 5) is 0. The fourth-order valence-electron chi connectivity index (χ4n) is 2.56. The lowest BCUT2D eigenvalue weighted by atomic mass is 10.0. The van der Waals surface area contributed by atoms with Crippen molar-refractivity contribution in [2.45, 2.75) is 78.2 Å². The molecule has 0 aromatic heterocycles. The molecule has 1 atom stereocenters. The first-order chi connectivity index (χ1) is 9.77. The highest BCUT2D eigenvalue weighted by molar-refractivity contribution is 5.24. The van der Waals surface area contributed by atoms with E-state index in [9.17, 15) is 0 Å². The summed E-state index contributed by atoms with van der Waals surface area (Å²) in [5, 5.41) is 3.64. The second kappa shape index (κ2) is 10.9. The van der Waals surface area contributed by atoms with Crippen LogP contribution in [0.15, 0.2) is 24.3 Å². The average molecular weight is 275 g/mol. The fraction of sp³-hybridized carbons (Fsp3) is 0.684. The van der Waals surface area contributed by atoms with Gasteiger partial charge >= 0.3 is 0 Å². The van der Waals surface area contributed by atoms with Gasteiger partial charge in [-0.2, -0.15) is 0 Å². The molecule has 0 heterocycles. The molecule has 1 aromatic carbocycles. The minimum atomic E-state index is 0.473. The number of hydrogen-bond donors (Lipinski definition) is 1. The number of unbranched alkanes of at least 4 members (excludes halogenated alkanes) is 6. The van der Waals surface area contributed by atoms with Gasteiger partial charge in [0.2, 0.25) is 0 Å². The van der Waals surface area contributed by atoms with E-state index in [0.717, 1.165) is 13.0 Å². The van der Waals surface area contributed by atoms with Gasteiger partial charge in [-0.05, 0) is 37.4 Å². The highest BCUT2D eigenvalue weighted by Crippen LogP contribution is 2.14. The van der Waals surface area contributed by atoms with Gasteiger partial charge in [0.25, 0.3) is 0 Å². The molecule has 20 heavy (non-hydrogen) atoms. The van der Waals surface area contributed by atoms with E-state index in [1.54, 1.807) is 0 Å². The second-order valence-corrected chi connectivity index (χ2v) is 5.89. The Kier molecular flexibility index (Phi) is 9.40. The topological polar surface area (TPSA) is 12.0 Å². The first-order valence-electron chi connectivity index (χ1n) is 8.60. The van der Waals surface area contributed by atoms with Crippen molar-refractivity contribution in [1.82, 2.24) is 5.32 Å². The van der Waals surface area contributed by atoms with E-state index in [4.69, 9.17) is 0 Å². The summed E-state index contributed by atoms with van der Waals surface area (Å²) in [6, 6.07) is 9.51. The lowest BCUT2D eigenvalue weighted by Crippen LogP contribution is -2.19. The molecule has 1 unspecified atom stereocenters. The Bertz CT molecular complexity index is 328. The van der Waals surface area contributed by atoms with E-state index in [1.165, 1.54) is 56.1 Å². The van der Waals surface area contributed by atoms with E-state index < -0.39 is 0 Å². The fourth-order valence-corrected chi connectivity index (χ4v) is 2.56. The van der Waals surface area contributed by atoms with Crippen molar-refractivity contribution in [3.8, 4) is 0 Å². The predicted octanol–water partition coefficient (Wildman–Crippen LogP) is 5.65. The number of aryl methyl sites for hydroxylation is 1. The smallest absolute Gasteiger partial charge is 0.0291 e. The minimum Gasteiger partial charge on any atom is -0.310 e. The third-order valence-electron chi connectivity index (χ3n) is 4.12. The number of nitrogens with one attached hydrogen (secondary N) is 1. The summed E-state index contributed by atoms with van der Waals surface area (Å²) in [5.41, 5.74) is 2.83. The number of rotatable bonds is 11. The predicted molar refractivity (Wildman–Crippen MR) is 90.2 cm³/mol. The minimum absolute atomic E-state index is 0.473. The normalized spacial score (nSPS) is 12.6. The van der Waals surface area contributed by atoms with Gasteiger partial charge in [-0.1, -0.05) is 76.6 Å². The molecule has 0 fully saturated rings. The molecule has 0 aliphatic heterocycles. The van der Waals surface area contributed by atoms with Gasteiger partial charge in [-0.3, -0.25) is 0 Å². The molecule has 0 saturated carbocycles. The van der Waals surface area contributed by atoms with Crippen LogP contribution in [-0.4, -0.2) is 6.54 Å². The molecule has 0 amide bonds. The summed E-state index contributed by atoms with van der Waals surface area (Å²) >= 11 is 0. The third-order valence-corrected chi connectivity index (χ3v) is 4.12. The maximum atomic E-state index is 3.64. The van der Waals surface area contributed by atoms with Crippen LogP contribution in [-0.2, 0) is 6.42 Å². The zero-order valence-electron chi connectivity index (χ0n) is 13.8. The van der Waals surface area contributed by atoms with Crippen LogP contribution in [0.5, 0.6) is 0 Å². The molecular formula is C19H33N. The highest BCUT2D eigenvalue weighted by atomic mass is 14.9. The van der Waals surface area contributed by atoms with Crippen molar-refractivity contribution in [3.63, 3.8) is 0 Å². The highest BCUT2D eigenvalue weighted by Gasteiger charge is 2.03. The van der Waals surface area contributed by atoms with Crippen LogP contribution in [0.25, 0.3) is 0 Å². The van der Waals surface area contributed by atoms with E-state index in [-0.39, 0.29) is 0 Å². The van der Waals surface area contributed by atoms with Crippen LogP contribution in [0.1, 0.15) is 82.9 Å². The largest absolute Gasteiger partial charge is 0.310 e. The number of hydrogen-bond acceptors (Lipinski definition) is 1. The summed E-state index contributed by atoms with van der Waals surface area (Å²) in [6.07, 6.45) is 10.8. The monoisotopic (exact) mass is 275 g/mol. The van der Waals surface area contributed by atoms with Crippen molar-refractivity contribution in [2.24, 2.45) is 0 Å². The Labute approximate surface area is 126 Å². The lowest BCUT2D eigenvalue weighted by Gasteiger charge is -2.14. The van der Waals surface area contributed by atoms with Gasteiger partial charge in [0.1, 0.15) is 0 Å². The SMILES string of the molecule is CCCCCCCCCNC(C)c1ccc(CC)cc1. The Morgan fingerprint density at radius 1 is 0.850 bits per heavy atom. The van der Waals surface area contributed by atoms with E-state index in [2.05, 4.69) is 50.4 Å². The molecule has 0 bridgehead atoms. The van der Waals surface area contributed by atoms with Gasteiger partial charge in [-0.15, -0.1) is 0 Å². The maximum absolute atomic E-state index is 3.64. The first-order valence-corrected chi connectivity index (χ1v) is 8.60. The van der Waals surface area contributed by atoms with Crippen LogP contribution >= 0.6 is 0 Å². The Morgan fingerprint density at radius 2 is 1.45 bits per heavy atom. The maximum Gasteiger partial charge on any atom is 0.0291 e. The summed E-state index contributed by atoms with van der Waals surface area (Å²) < 4.78 is 0. The average Bonchev–Trinajstić information content (AvgIpc) is 2.50. The van der Waals surface area contributed by atoms with Gasteiger partial charge in [0, 0.05) is 6.04 Å². The molecule has 1 aromatic rings. The number of benzene rings is 1. The molecule has 1 heteroatoms. The van der Waals surface area contributed by atoms with Crippen LogP contribution in [0.4, 0.5) is 0 Å². The van der Waals surface area contributed by atoms with Crippen LogP contribution in [0.3, 0.4) is 0 Å². The van der Waals surface area contributed by atoms with Crippen LogP contribution in [0, 0.1) is 0 Å². The van der Waals surface area contributed by atoms with E-state index in [1.807, 2.05) is 0 Å². The molecule has 0 aliphatic rings. The summed E-state index contributed by atoms with van der Waals surface area (Å²) in [7, 11) is 0. The quantitative estimate of drug-likeness (QED) is 0.514. The Hall–Kier alpha value is -0.820. The lowest BCUT2D eigenvalue weighted by molar-refractivity contribution is 0.524. The molecule has 1 N–H and O–H groups in total. The molecular weight excluding hydrogens is 242 g/mol. The van der Waals surface area contributed by atoms with Crippen LogP contribution in [0.2, 0.25) is 0 Å². The van der Waals surface area contributed by atoms with E-state index >= 15 is 0 Å². The second-order valence-electron chi connectivity index (χ2n) is 5.89. The molecule has 1 rings (SSSR count). The molecule has 0 radical (unpaired) electrons. The van der Waals surface area contributed by atoms with Gasteiger partial charge < -0.3 is 5.32 Å². The van der Waals surface area contributed by atoms with Crippen molar-refractivity contribution >= 4 is 0 Å². The third kappa shape index (κ3) is 7.09. The first kappa shape index (κ1) is 17.2. The van der Waals surface area contributed by atoms with Crippen molar-refractivity contribution < 1.29 is 0 Å². The molecule has 0 aliphatic carbocycles. The zero-order valence-corrected chi connectivity index (χ0v) is 13.8. The van der Waals surface area contributed by atoms with Gasteiger partial charge in [-0.25, -0.2) is 0 Å². The van der Waals surface area contributed by atoms with Gasteiger partial charge in [0.15, 0.2) is 0 Å². The van der Waals surface area contributed by atoms with Crippen molar-refractivity contribution in [2.75, 3.05) is 6.54 Å². The molecule has 0 spiro atoms. The molecule has 0 saturated heterocycles. The van der Waals surface area contributed by atoms with Crippen molar-refractivity contribution in [3.05, 3.63) is 35.4 Å². The van der Waals surface area contributed by atoms with E-state index in [0.29, 0.717) is 6.04 Å². The van der Waals surface area contributed by atoms with Crippen molar-refractivity contribution in [1.29, 1.82) is 0 Å². The summed E-state index contributed by atoms with van der Waals surface area (Å²) in [5.74, 6) is 0. The summed E-state index contributed by atoms with van der Waals surface area (Å²) in [6.45, 7) is 7.89. The van der Waals surface area contributed by atoms with Crippen LogP contribution < -0.4 is 5.32 Å². The van der Waals surface area contributed by atoms with Gasteiger partial charge in [0.05, 0.1) is 0 Å². The Balaban J connectivity index is 2.08. The Morgan fingerprint density at radius 3 is 2.05 bits per heavy atom. The molecule has 1 nitrogen and oxygen atoms in total. The zero-order chi connectivity index (χ0) is 14.6. The standard InChI is InChI=1S/C19H33N/c1-4-6-7-8-9-10-11-16-20-17(3)19-14-12-18(5-2)13-15-19/h12-15,17,20H,4-11,16H2,1-3H3. The molecule has 114 valence electrons.